The van der Waals surface area contributed by atoms with Crippen molar-refractivity contribution in [1.29, 1.82) is 0 Å². The highest BCUT2D eigenvalue weighted by Gasteiger charge is 2.33. The Morgan fingerprint density at radius 2 is 1.96 bits per heavy atom. The summed E-state index contributed by atoms with van der Waals surface area (Å²) in [6.45, 7) is -0.371. The Morgan fingerprint density at radius 1 is 1.17 bits per heavy atom. The highest BCUT2D eigenvalue weighted by atomic mass is 19.4. The molecule has 0 amide bonds. The SMILES string of the molecule is O=c1[nH]c(OCc2ccccc2C(F)(F)F)nc2cnccc12. The quantitative estimate of drug-likeness (QED) is 0.805. The fraction of sp³-hybridized carbons (Fsp3) is 0.133. The highest BCUT2D eigenvalue weighted by Crippen LogP contribution is 2.32. The van der Waals surface area contributed by atoms with Gasteiger partial charge in [-0.2, -0.15) is 18.2 Å². The number of alkyl halides is 3. The molecule has 3 rings (SSSR count). The first-order valence-corrected chi connectivity index (χ1v) is 6.57. The third kappa shape index (κ3) is 3.15. The molecule has 0 atom stereocenters. The van der Waals surface area contributed by atoms with Gasteiger partial charge >= 0.3 is 6.18 Å². The molecule has 1 N–H and O–H groups in total. The van der Waals surface area contributed by atoms with Crippen LogP contribution in [-0.2, 0) is 12.8 Å². The fourth-order valence-corrected chi connectivity index (χ4v) is 2.11. The van der Waals surface area contributed by atoms with E-state index in [0.717, 1.165) is 6.07 Å². The number of hydrogen-bond donors (Lipinski definition) is 1. The molecule has 0 saturated heterocycles. The summed E-state index contributed by atoms with van der Waals surface area (Å²) in [7, 11) is 0. The van der Waals surface area contributed by atoms with Gasteiger partial charge in [-0.15, -0.1) is 0 Å². The van der Waals surface area contributed by atoms with Gasteiger partial charge < -0.3 is 4.74 Å². The first kappa shape index (κ1) is 15.0. The second kappa shape index (κ2) is 5.71. The van der Waals surface area contributed by atoms with E-state index in [2.05, 4.69) is 15.0 Å². The Morgan fingerprint density at radius 3 is 2.74 bits per heavy atom. The lowest BCUT2D eigenvalue weighted by Crippen LogP contribution is -2.14. The molecule has 1 aromatic carbocycles. The molecule has 3 aromatic rings. The molecule has 118 valence electrons. The van der Waals surface area contributed by atoms with Gasteiger partial charge in [-0.25, -0.2) is 0 Å². The number of nitrogens with zero attached hydrogens (tertiary/aromatic N) is 2. The molecule has 0 unspecified atom stereocenters. The number of benzene rings is 1. The fourth-order valence-electron chi connectivity index (χ4n) is 2.11. The van der Waals surface area contributed by atoms with Gasteiger partial charge in [0.1, 0.15) is 6.61 Å². The van der Waals surface area contributed by atoms with Gasteiger partial charge in [0.05, 0.1) is 22.7 Å². The molecule has 2 heterocycles. The molecule has 5 nitrogen and oxygen atoms in total. The number of aromatic amines is 1. The summed E-state index contributed by atoms with van der Waals surface area (Å²) in [5, 5.41) is 0.322. The number of nitrogens with one attached hydrogen (secondary N) is 1. The molecule has 8 heteroatoms. The van der Waals surface area contributed by atoms with Crippen LogP contribution in [0.3, 0.4) is 0 Å². The summed E-state index contributed by atoms with van der Waals surface area (Å²) < 4.78 is 44.0. The number of fused-ring (bicyclic) bond motifs is 1. The molecule has 0 aliphatic rings. The van der Waals surface area contributed by atoms with Crippen LogP contribution in [0.15, 0.2) is 47.5 Å². The molecule has 0 bridgehead atoms. The molecule has 0 aliphatic carbocycles. The number of hydrogen-bond acceptors (Lipinski definition) is 4. The number of ether oxygens (including phenoxy) is 1. The van der Waals surface area contributed by atoms with E-state index in [1.54, 1.807) is 0 Å². The van der Waals surface area contributed by atoms with Crippen LogP contribution in [0.4, 0.5) is 13.2 Å². The maximum absolute atomic E-state index is 12.9. The van der Waals surface area contributed by atoms with Gasteiger partial charge in [0.15, 0.2) is 0 Å². The van der Waals surface area contributed by atoms with Crippen LogP contribution in [-0.4, -0.2) is 15.0 Å². The van der Waals surface area contributed by atoms with Crippen molar-refractivity contribution in [2.24, 2.45) is 0 Å². The van der Waals surface area contributed by atoms with Crippen molar-refractivity contribution in [2.45, 2.75) is 12.8 Å². The highest BCUT2D eigenvalue weighted by molar-refractivity contribution is 5.76. The van der Waals surface area contributed by atoms with Gasteiger partial charge in [0.2, 0.25) is 0 Å². The number of aromatic nitrogens is 3. The van der Waals surface area contributed by atoms with E-state index in [4.69, 9.17) is 4.74 Å². The Kier molecular flexibility index (Phi) is 3.73. The molecular weight excluding hydrogens is 311 g/mol. The average Bonchev–Trinajstić information content (AvgIpc) is 2.52. The van der Waals surface area contributed by atoms with Crippen molar-refractivity contribution in [2.75, 3.05) is 0 Å². The Balaban J connectivity index is 1.89. The van der Waals surface area contributed by atoms with Gasteiger partial charge in [-0.1, -0.05) is 18.2 Å². The second-order valence-electron chi connectivity index (χ2n) is 4.71. The first-order valence-electron chi connectivity index (χ1n) is 6.57. The summed E-state index contributed by atoms with van der Waals surface area (Å²) in [5.74, 6) is 0. The van der Waals surface area contributed by atoms with Crippen LogP contribution < -0.4 is 10.3 Å². The van der Waals surface area contributed by atoms with E-state index in [0.29, 0.717) is 10.9 Å². The summed E-state index contributed by atoms with van der Waals surface area (Å²) in [6.07, 6.45) is -1.66. The minimum Gasteiger partial charge on any atom is -0.460 e. The third-order valence-electron chi connectivity index (χ3n) is 3.17. The third-order valence-corrected chi connectivity index (χ3v) is 3.17. The predicted molar refractivity (Wildman–Crippen MR) is 75.9 cm³/mol. The summed E-state index contributed by atoms with van der Waals surface area (Å²) >= 11 is 0. The van der Waals surface area contributed by atoms with E-state index < -0.39 is 17.3 Å². The van der Waals surface area contributed by atoms with Gasteiger partial charge in [-0.3, -0.25) is 14.8 Å². The molecule has 0 radical (unpaired) electrons. The maximum atomic E-state index is 12.9. The lowest BCUT2D eigenvalue weighted by Gasteiger charge is -2.13. The maximum Gasteiger partial charge on any atom is 0.416 e. The van der Waals surface area contributed by atoms with Crippen LogP contribution >= 0.6 is 0 Å². The zero-order chi connectivity index (χ0) is 16.4. The number of halogens is 3. The Labute approximate surface area is 127 Å². The predicted octanol–water partition coefficient (Wildman–Crippen LogP) is 2.92. The number of pyridine rings is 1. The van der Waals surface area contributed by atoms with Crippen LogP contribution in [0.2, 0.25) is 0 Å². The monoisotopic (exact) mass is 321 g/mol. The standard InChI is InChI=1S/C15H10F3N3O2/c16-15(17,18)11-4-2-1-3-9(11)8-23-14-20-12-7-19-6-5-10(12)13(22)21-14/h1-7H,8H2,(H,20,21,22). The molecule has 0 saturated carbocycles. The molecule has 0 fully saturated rings. The van der Waals surface area contributed by atoms with Gasteiger partial charge in [0, 0.05) is 11.8 Å². The summed E-state index contributed by atoms with van der Waals surface area (Å²) in [6, 6.07) is 6.39. The lowest BCUT2D eigenvalue weighted by atomic mass is 10.1. The van der Waals surface area contributed by atoms with Crippen LogP contribution in [0.1, 0.15) is 11.1 Å². The zero-order valence-corrected chi connectivity index (χ0v) is 11.6. The molecule has 0 aliphatic heterocycles. The summed E-state index contributed by atoms with van der Waals surface area (Å²) in [4.78, 5) is 22.1. The smallest absolute Gasteiger partial charge is 0.416 e. The average molecular weight is 321 g/mol. The van der Waals surface area contributed by atoms with E-state index in [-0.39, 0.29) is 18.2 Å². The van der Waals surface area contributed by atoms with Crippen LogP contribution in [0.5, 0.6) is 6.01 Å². The van der Waals surface area contributed by atoms with E-state index in [1.807, 2.05) is 0 Å². The van der Waals surface area contributed by atoms with E-state index >= 15 is 0 Å². The topological polar surface area (TPSA) is 67.9 Å². The zero-order valence-electron chi connectivity index (χ0n) is 11.6. The van der Waals surface area contributed by atoms with Crippen molar-refractivity contribution < 1.29 is 17.9 Å². The van der Waals surface area contributed by atoms with Gasteiger partial charge in [-0.05, 0) is 12.1 Å². The molecule has 2 aromatic heterocycles. The minimum atomic E-state index is -4.48. The molecule has 23 heavy (non-hydrogen) atoms. The van der Waals surface area contributed by atoms with Crippen LogP contribution in [0, 0.1) is 0 Å². The lowest BCUT2D eigenvalue weighted by molar-refractivity contribution is -0.138. The van der Waals surface area contributed by atoms with Crippen molar-refractivity contribution in [1.82, 2.24) is 15.0 Å². The minimum absolute atomic E-state index is 0.0473. The van der Waals surface area contributed by atoms with Crippen molar-refractivity contribution in [3.05, 3.63) is 64.2 Å². The van der Waals surface area contributed by atoms with Crippen LogP contribution in [0.25, 0.3) is 10.9 Å². The molecule has 0 spiro atoms. The van der Waals surface area contributed by atoms with Crippen molar-refractivity contribution >= 4 is 10.9 Å². The van der Waals surface area contributed by atoms with Gasteiger partial charge in [0.25, 0.3) is 11.6 Å². The van der Waals surface area contributed by atoms with Crippen molar-refractivity contribution in [3.8, 4) is 6.01 Å². The number of H-pyrrole nitrogens is 1. The van der Waals surface area contributed by atoms with Crippen molar-refractivity contribution in [3.63, 3.8) is 0 Å². The Hall–Kier alpha value is -2.90. The number of rotatable bonds is 3. The first-order chi connectivity index (χ1) is 10.9. The Bertz CT molecular complexity index is 906. The summed E-state index contributed by atoms with van der Waals surface area (Å²) in [5.41, 5.74) is -0.981. The largest absolute Gasteiger partial charge is 0.460 e. The molecular formula is C15H10F3N3O2. The van der Waals surface area contributed by atoms with E-state index in [1.165, 1.54) is 36.7 Å². The van der Waals surface area contributed by atoms with E-state index in [9.17, 15) is 18.0 Å². The normalized spacial score (nSPS) is 11.6. The second-order valence-corrected chi connectivity index (χ2v) is 4.71.